The zero-order valence-corrected chi connectivity index (χ0v) is 15.0. The van der Waals surface area contributed by atoms with Crippen LogP contribution in [0.25, 0.3) is 0 Å². The molecule has 6 nitrogen and oxygen atoms in total. The van der Waals surface area contributed by atoms with Gasteiger partial charge < -0.3 is 24.3 Å². The van der Waals surface area contributed by atoms with Gasteiger partial charge in [-0.3, -0.25) is 4.79 Å². The van der Waals surface area contributed by atoms with Crippen LogP contribution >= 0.6 is 0 Å². The summed E-state index contributed by atoms with van der Waals surface area (Å²) in [5.74, 6) is 2.16. The van der Waals surface area contributed by atoms with Crippen molar-refractivity contribution in [1.29, 1.82) is 0 Å². The van der Waals surface area contributed by atoms with Crippen molar-refractivity contribution in [3.63, 3.8) is 0 Å². The Labute approximate surface area is 148 Å². The quantitative estimate of drug-likeness (QED) is 0.855. The Kier molecular flexibility index (Phi) is 6.02. The molecule has 3 rings (SSSR count). The summed E-state index contributed by atoms with van der Waals surface area (Å²) in [5.41, 5.74) is 0. The third-order valence-corrected chi connectivity index (χ3v) is 4.98. The summed E-state index contributed by atoms with van der Waals surface area (Å²) in [5, 5.41) is 3.17. The van der Waals surface area contributed by atoms with Crippen LogP contribution in [-0.2, 0) is 9.53 Å². The minimum absolute atomic E-state index is 0.0232. The Hall–Kier alpha value is -1.95. The molecule has 1 aliphatic heterocycles. The zero-order valence-electron chi connectivity index (χ0n) is 15.0. The number of rotatable bonds is 6. The number of para-hydroxylation sites is 1. The fourth-order valence-corrected chi connectivity index (χ4v) is 3.52. The van der Waals surface area contributed by atoms with Crippen molar-refractivity contribution in [3.8, 4) is 17.2 Å². The van der Waals surface area contributed by atoms with Crippen LogP contribution in [0.2, 0.25) is 0 Å². The molecule has 0 radical (unpaired) electrons. The molecule has 0 spiro atoms. The number of benzene rings is 1. The lowest BCUT2D eigenvalue weighted by Crippen LogP contribution is -2.42. The zero-order chi connectivity index (χ0) is 17.6. The van der Waals surface area contributed by atoms with Crippen LogP contribution in [0.3, 0.4) is 0 Å². The van der Waals surface area contributed by atoms with E-state index in [1.807, 2.05) is 18.2 Å². The Morgan fingerprint density at radius 1 is 1.08 bits per heavy atom. The molecule has 0 bridgehead atoms. The standard InChI is InChI=1S/C19H27NO5/c1-22-16-4-3-5-17(18(16)23-2)25-15-8-6-14(7-9-15)20-19(21)13-10-11-24-12-13/h3-5,13-15H,6-12H2,1-2H3,(H,20,21). The normalized spacial score (nSPS) is 26.1. The van der Waals surface area contributed by atoms with Gasteiger partial charge in [0.05, 0.1) is 32.8 Å². The van der Waals surface area contributed by atoms with E-state index in [2.05, 4.69) is 5.32 Å². The molecule has 0 aromatic heterocycles. The number of carbonyl (C=O) groups is 1. The van der Waals surface area contributed by atoms with Gasteiger partial charge in [-0.25, -0.2) is 0 Å². The van der Waals surface area contributed by atoms with E-state index < -0.39 is 0 Å². The molecule has 6 heteroatoms. The SMILES string of the molecule is COc1cccc(OC2CCC(NC(=O)C3CCOC3)CC2)c1OC. The summed E-state index contributed by atoms with van der Waals surface area (Å²) in [6, 6.07) is 5.88. The first kappa shape index (κ1) is 17.9. The van der Waals surface area contributed by atoms with Crippen LogP contribution in [0.5, 0.6) is 17.2 Å². The number of carbonyl (C=O) groups excluding carboxylic acids is 1. The monoisotopic (exact) mass is 349 g/mol. The van der Waals surface area contributed by atoms with E-state index >= 15 is 0 Å². The fourth-order valence-electron chi connectivity index (χ4n) is 3.52. The highest BCUT2D eigenvalue weighted by atomic mass is 16.5. The summed E-state index contributed by atoms with van der Waals surface area (Å²) < 4.78 is 22.2. The summed E-state index contributed by atoms with van der Waals surface area (Å²) >= 11 is 0. The van der Waals surface area contributed by atoms with E-state index in [1.165, 1.54) is 0 Å². The molecule has 1 amide bonds. The first-order valence-corrected chi connectivity index (χ1v) is 8.97. The van der Waals surface area contributed by atoms with Crippen LogP contribution in [-0.4, -0.2) is 45.5 Å². The molecule has 1 N–H and O–H groups in total. The third kappa shape index (κ3) is 4.37. The molecule has 1 saturated carbocycles. The van der Waals surface area contributed by atoms with Gasteiger partial charge in [-0.15, -0.1) is 0 Å². The van der Waals surface area contributed by atoms with E-state index in [1.54, 1.807) is 14.2 Å². The average Bonchev–Trinajstić information content (AvgIpc) is 3.18. The Balaban J connectivity index is 1.50. The maximum absolute atomic E-state index is 12.2. The van der Waals surface area contributed by atoms with Crippen molar-refractivity contribution in [2.75, 3.05) is 27.4 Å². The van der Waals surface area contributed by atoms with Crippen LogP contribution in [0.15, 0.2) is 18.2 Å². The predicted octanol–water partition coefficient (Wildman–Crippen LogP) is 2.55. The first-order valence-electron chi connectivity index (χ1n) is 8.97. The second-order valence-corrected chi connectivity index (χ2v) is 6.65. The number of hydrogen-bond donors (Lipinski definition) is 1. The van der Waals surface area contributed by atoms with E-state index in [0.29, 0.717) is 30.5 Å². The van der Waals surface area contributed by atoms with E-state index in [0.717, 1.165) is 32.1 Å². The minimum atomic E-state index is 0.0232. The number of nitrogens with one attached hydrogen (secondary N) is 1. The van der Waals surface area contributed by atoms with Gasteiger partial charge in [0.1, 0.15) is 0 Å². The molecular formula is C19H27NO5. The highest BCUT2D eigenvalue weighted by molar-refractivity contribution is 5.79. The fraction of sp³-hybridized carbons (Fsp3) is 0.632. The van der Waals surface area contributed by atoms with Crippen LogP contribution in [0, 0.1) is 5.92 Å². The number of amides is 1. The molecule has 138 valence electrons. The second kappa shape index (κ2) is 8.43. The van der Waals surface area contributed by atoms with Gasteiger partial charge >= 0.3 is 0 Å². The number of ether oxygens (including phenoxy) is 4. The summed E-state index contributed by atoms with van der Waals surface area (Å²) in [6.45, 7) is 1.25. The average molecular weight is 349 g/mol. The van der Waals surface area contributed by atoms with Crippen molar-refractivity contribution < 1.29 is 23.7 Å². The second-order valence-electron chi connectivity index (χ2n) is 6.65. The van der Waals surface area contributed by atoms with E-state index in [9.17, 15) is 4.79 Å². The molecule has 1 heterocycles. The molecule has 1 unspecified atom stereocenters. The lowest BCUT2D eigenvalue weighted by molar-refractivity contribution is -0.126. The molecule has 2 aliphatic rings. The smallest absolute Gasteiger partial charge is 0.225 e. The van der Waals surface area contributed by atoms with Crippen LogP contribution in [0.4, 0.5) is 0 Å². The van der Waals surface area contributed by atoms with Crippen molar-refractivity contribution in [2.24, 2.45) is 5.92 Å². The Bertz CT molecular complexity index is 577. The number of hydrogen-bond acceptors (Lipinski definition) is 5. The van der Waals surface area contributed by atoms with Crippen molar-refractivity contribution >= 4 is 5.91 Å². The minimum Gasteiger partial charge on any atom is -0.493 e. The van der Waals surface area contributed by atoms with Crippen molar-refractivity contribution in [3.05, 3.63) is 18.2 Å². The highest BCUT2D eigenvalue weighted by Gasteiger charge is 2.28. The van der Waals surface area contributed by atoms with Gasteiger partial charge in [0.25, 0.3) is 0 Å². The molecule has 1 saturated heterocycles. The van der Waals surface area contributed by atoms with Crippen LogP contribution in [0.1, 0.15) is 32.1 Å². The van der Waals surface area contributed by atoms with E-state index in [4.69, 9.17) is 18.9 Å². The highest BCUT2D eigenvalue weighted by Crippen LogP contribution is 2.38. The molecular weight excluding hydrogens is 322 g/mol. The lowest BCUT2D eigenvalue weighted by Gasteiger charge is -2.30. The molecule has 1 atom stereocenters. The third-order valence-electron chi connectivity index (χ3n) is 4.98. The molecule has 25 heavy (non-hydrogen) atoms. The molecule has 2 fully saturated rings. The molecule has 1 aliphatic carbocycles. The van der Waals surface area contributed by atoms with Crippen LogP contribution < -0.4 is 19.5 Å². The largest absolute Gasteiger partial charge is 0.493 e. The summed E-state index contributed by atoms with van der Waals surface area (Å²) in [4.78, 5) is 12.2. The van der Waals surface area contributed by atoms with Gasteiger partial charge in [-0.1, -0.05) is 6.07 Å². The van der Waals surface area contributed by atoms with Gasteiger partial charge in [-0.2, -0.15) is 0 Å². The predicted molar refractivity (Wildman–Crippen MR) is 93.3 cm³/mol. The van der Waals surface area contributed by atoms with Crippen molar-refractivity contribution in [2.45, 2.75) is 44.2 Å². The first-order chi connectivity index (χ1) is 12.2. The van der Waals surface area contributed by atoms with E-state index in [-0.39, 0.29) is 24.0 Å². The molecule has 1 aromatic rings. The maximum atomic E-state index is 12.2. The maximum Gasteiger partial charge on any atom is 0.225 e. The van der Waals surface area contributed by atoms with Gasteiger partial charge in [0.2, 0.25) is 11.7 Å². The summed E-state index contributed by atoms with van der Waals surface area (Å²) in [6.07, 6.45) is 4.63. The topological polar surface area (TPSA) is 66.0 Å². The van der Waals surface area contributed by atoms with Gasteiger partial charge in [0.15, 0.2) is 11.5 Å². The summed E-state index contributed by atoms with van der Waals surface area (Å²) in [7, 11) is 3.23. The van der Waals surface area contributed by atoms with Crippen molar-refractivity contribution in [1.82, 2.24) is 5.32 Å². The Morgan fingerprint density at radius 2 is 1.84 bits per heavy atom. The number of methoxy groups -OCH3 is 2. The molecule has 1 aromatic carbocycles. The van der Waals surface area contributed by atoms with Gasteiger partial charge in [-0.05, 0) is 44.2 Å². The Morgan fingerprint density at radius 3 is 2.48 bits per heavy atom. The lowest BCUT2D eigenvalue weighted by atomic mass is 9.92. The van der Waals surface area contributed by atoms with Gasteiger partial charge in [0, 0.05) is 12.6 Å².